The summed E-state index contributed by atoms with van der Waals surface area (Å²) in [6, 6.07) is 10.5. The van der Waals surface area contributed by atoms with Gasteiger partial charge in [0.15, 0.2) is 0 Å². The highest BCUT2D eigenvalue weighted by Gasteiger charge is 2.26. The predicted molar refractivity (Wildman–Crippen MR) is 108 cm³/mol. The van der Waals surface area contributed by atoms with Gasteiger partial charge in [-0.2, -0.15) is 0 Å². The number of amides is 1. The summed E-state index contributed by atoms with van der Waals surface area (Å²) in [7, 11) is 0.260. The van der Waals surface area contributed by atoms with Gasteiger partial charge in [0, 0.05) is 7.05 Å². The number of nitrogens with zero attached hydrogens (tertiary/aromatic N) is 2. The topological polar surface area (TPSA) is 76.2 Å². The first-order chi connectivity index (χ1) is 13.3. The van der Waals surface area contributed by atoms with Crippen molar-refractivity contribution in [1.29, 1.82) is 0 Å². The molecule has 0 heterocycles. The Hall–Kier alpha value is -2.55. The molecule has 9 heteroatoms. The van der Waals surface area contributed by atoms with Crippen LogP contribution < -0.4 is 9.04 Å². The highest BCUT2D eigenvalue weighted by molar-refractivity contribution is 7.92. The fraction of sp³-hybridized carbons (Fsp3) is 0.211. The molecule has 0 aromatic heterocycles. The first kappa shape index (κ1) is 21.7. The van der Waals surface area contributed by atoms with Crippen molar-refractivity contribution in [3.63, 3.8) is 0 Å². The normalized spacial score (nSPS) is 11.0. The molecule has 0 fully saturated rings. The second kappa shape index (κ2) is 9.09. The van der Waals surface area contributed by atoms with Crippen molar-refractivity contribution in [3.8, 4) is 5.75 Å². The Morgan fingerprint density at radius 1 is 1.18 bits per heavy atom. The third-order valence-corrected chi connectivity index (χ3v) is 6.09. The largest absolute Gasteiger partial charge is 0.497 e. The molecule has 0 saturated heterocycles. The smallest absolute Gasteiger partial charge is 0.278 e. The molecule has 0 atom stereocenters. The Kier molecular flexibility index (Phi) is 7.06. The summed E-state index contributed by atoms with van der Waals surface area (Å²) in [5.41, 5.74) is 0.443. The summed E-state index contributed by atoms with van der Waals surface area (Å²) in [5.74, 6) is 0.0333. The second-order valence-electron chi connectivity index (χ2n) is 5.65. The van der Waals surface area contributed by atoms with Crippen molar-refractivity contribution in [2.75, 3.05) is 32.1 Å². The zero-order valence-corrected chi connectivity index (χ0v) is 17.3. The van der Waals surface area contributed by atoms with Gasteiger partial charge in [0.1, 0.15) is 5.75 Å². The number of rotatable bonds is 8. The van der Waals surface area contributed by atoms with Crippen molar-refractivity contribution in [2.45, 2.75) is 4.90 Å². The molecule has 0 saturated carbocycles. The average molecular weight is 425 g/mol. The molecule has 0 aliphatic rings. The molecule has 0 bridgehead atoms. The predicted octanol–water partition coefficient (Wildman–Crippen LogP) is 3.36. The van der Waals surface area contributed by atoms with Crippen molar-refractivity contribution in [3.05, 3.63) is 65.7 Å². The highest BCUT2D eigenvalue weighted by atomic mass is 35.5. The summed E-state index contributed by atoms with van der Waals surface area (Å²) in [5, 5.41) is 1.08. The maximum Gasteiger partial charge on any atom is 0.278 e. The Morgan fingerprint density at radius 3 is 2.36 bits per heavy atom. The van der Waals surface area contributed by atoms with Gasteiger partial charge in [-0.05, 0) is 42.5 Å². The van der Waals surface area contributed by atoms with Crippen LogP contribution in [0.4, 0.5) is 5.69 Å². The lowest BCUT2D eigenvalue weighted by molar-refractivity contribution is -0.0757. The van der Waals surface area contributed by atoms with Gasteiger partial charge in [-0.3, -0.25) is 13.9 Å². The number of hydrogen-bond donors (Lipinski definition) is 0. The number of hydroxylamine groups is 2. The van der Waals surface area contributed by atoms with Crippen LogP contribution in [0.15, 0.2) is 60.0 Å². The molecule has 2 rings (SSSR count). The van der Waals surface area contributed by atoms with E-state index in [0.717, 1.165) is 5.06 Å². The highest BCUT2D eigenvalue weighted by Crippen LogP contribution is 2.28. The van der Waals surface area contributed by atoms with Crippen LogP contribution in [0, 0.1) is 0 Å². The molecule has 150 valence electrons. The molecule has 0 aliphatic carbocycles. The van der Waals surface area contributed by atoms with Gasteiger partial charge in [0.05, 0.1) is 41.9 Å². The average Bonchev–Trinajstić information content (AvgIpc) is 2.71. The van der Waals surface area contributed by atoms with Crippen molar-refractivity contribution in [1.82, 2.24) is 5.06 Å². The summed E-state index contributed by atoms with van der Waals surface area (Å²) in [4.78, 5) is 17.2. The number of benzene rings is 2. The standard InChI is InChI=1S/C19H21ClN2O5S/c1-5-12-22(14-6-8-15(26-3)9-7-14)28(24,25)16-10-11-18(20)17(13-16)19(23)21(2)27-4/h5-11,13H,1,12H2,2-4H3. The first-order valence-corrected chi connectivity index (χ1v) is 9.97. The quantitative estimate of drug-likeness (QED) is 0.479. The molecule has 0 N–H and O–H groups in total. The Balaban J connectivity index is 2.53. The Morgan fingerprint density at radius 2 is 1.82 bits per heavy atom. The molecule has 0 radical (unpaired) electrons. The van der Waals surface area contributed by atoms with Crippen LogP contribution in [0.2, 0.25) is 5.02 Å². The van der Waals surface area contributed by atoms with E-state index in [1.165, 1.54) is 49.8 Å². The third-order valence-electron chi connectivity index (χ3n) is 3.97. The minimum atomic E-state index is -3.99. The molecule has 7 nitrogen and oxygen atoms in total. The fourth-order valence-electron chi connectivity index (χ4n) is 2.42. The van der Waals surface area contributed by atoms with Crippen LogP contribution in [0.25, 0.3) is 0 Å². The lowest BCUT2D eigenvalue weighted by Crippen LogP contribution is -2.31. The molecule has 0 unspecified atom stereocenters. The van der Waals surface area contributed by atoms with Crippen LogP contribution in [-0.4, -0.2) is 47.2 Å². The minimum absolute atomic E-state index is 0.0142. The van der Waals surface area contributed by atoms with E-state index >= 15 is 0 Å². The van der Waals surface area contributed by atoms with Gasteiger partial charge in [0.25, 0.3) is 15.9 Å². The third kappa shape index (κ3) is 4.46. The lowest BCUT2D eigenvalue weighted by atomic mass is 10.2. The van der Waals surface area contributed by atoms with Crippen LogP contribution in [-0.2, 0) is 14.9 Å². The van der Waals surface area contributed by atoms with E-state index in [1.807, 2.05) is 0 Å². The fourth-order valence-corrected chi connectivity index (χ4v) is 4.08. The number of anilines is 1. The zero-order valence-electron chi connectivity index (χ0n) is 15.8. The summed E-state index contributed by atoms with van der Waals surface area (Å²) >= 11 is 6.09. The maximum absolute atomic E-state index is 13.3. The number of methoxy groups -OCH3 is 1. The van der Waals surface area contributed by atoms with Crippen LogP contribution in [0.5, 0.6) is 5.75 Å². The van der Waals surface area contributed by atoms with E-state index in [4.69, 9.17) is 21.2 Å². The van der Waals surface area contributed by atoms with E-state index in [1.54, 1.807) is 24.3 Å². The van der Waals surface area contributed by atoms with Gasteiger partial charge in [-0.15, -0.1) is 6.58 Å². The summed E-state index contributed by atoms with van der Waals surface area (Å²) in [6.45, 7) is 3.67. The molecular weight excluding hydrogens is 404 g/mol. The van der Waals surface area contributed by atoms with E-state index in [-0.39, 0.29) is 22.0 Å². The SMILES string of the molecule is C=CCN(c1ccc(OC)cc1)S(=O)(=O)c1ccc(Cl)c(C(=O)N(C)OC)c1. The van der Waals surface area contributed by atoms with E-state index in [0.29, 0.717) is 11.4 Å². The van der Waals surface area contributed by atoms with Crippen molar-refractivity contribution < 1.29 is 22.8 Å². The van der Waals surface area contributed by atoms with E-state index in [9.17, 15) is 13.2 Å². The number of sulfonamides is 1. The maximum atomic E-state index is 13.3. The van der Waals surface area contributed by atoms with E-state index < -0.39 is 15.9 Å². The molecular formula is C19H21ClN2O5S. The molecule has 1 amide bonds. The van der Waals surface area contributed by atoms with Crippen LogP contribution in [0.1, 0.15) is 10.4 Å². The van der Waals surface area contributed by atoms with Crippen LogP contribution >= 0.6 is 11.6 Å². The number of hydrogen-bond acceptors (Lipinski definition) is 5. The lowest BCUT2D eigenvalue weighted by Gasteiger charge is -2.24. The Labute approximate surface area is 169 Å². The first-order valence-electron chi connectivity index (χ1n) is 8.15. The van der Waals surface area contributed by atoms with Crippen LogP contribution in [0.3, 0.4) is 0 Å². The van der Waals surface area contributed by atoms with Gasteiger partial charge in [-0.1, -0.05) is 17.7 Å². The number of halogens is 1. The molecule has 2 aromatic rings. The summed E-state index contributed by atoms with van der Waals surface area (Å²) in [6.07, 6.45) is 1.47. The number of ether oxygens (including phenoxy) is 1. The Bertz CT molecular complexity index is 961. The summed E-state index contributed by atoms with van der Waals surface area (Å²) < 4.78 is 32.8. The zero-order chi connectivity index (χ0) is 20.9. The number of carbonyl (C=O) groups is 1. The van der Waals surface area contributed by atoms with Gasteiger partial charge in [-0.25, -0.2) is 13.5 Å². The number of carbonyl (C=O) groups excluding carboxylic acids is 1. The minimum Gasteiger partial charge on any atom is -0.497 e. The molecule has 0 spiro atoms. The van der Waals surface area contributed by atoms with Crippen molar-refractivity contribution in [2.24, 2.45) is 0 Å². The van der Waals surface area contributed by atoms with Gasteiger partial charge in [0.2, 0.25) is 0 Å². The van der Waals surface area contributed by atoms with Gasteiger partial charge < -0.3 is 4.74 Å². The molecule has 0 aliphatic heterocycles. The van der Waals surface area contributed by atoms with E-state index in [2.05, 4.69) is 6.58 Å². The molecule has 2 aromatic carbocycles. The van der Waals surface area contributed by atoms with Gasteiger partial charge >= 0.3 is 0 Å². The monoisotopic (exact) mass is 424 g/mol. The second-order valence-corrected chi connectivity index (χ2v) is 7.92. The molecule has 28 heavy (non-hydrogen) atoms. The van der Waals surface area contributed by atoms with Crippen molar-refractivity contribution >= 4 is 33.2 Å².